The molecule has 0 spiro atoms. The molecule has 0 bridgehead atoms. The molecule has 1 aromatic heterocycles. The molecule has 5 nitrogen and oxygen atoms in total. The van der Waals surface area contributed by atoms with E-state index in [1.807, 2.05) is 0 Å². The Hall–Kier alpha value is -1.75. The molecule has 1 aromatic rings. The monoisotopic (exact) mass is 414 g/mol. The van der Waals surface area contributed by atoms with E-state index in [1.165, 1.54) is 6.92 Å². The molecular formula is C16H19F5N2O3S. The number of carbonyl (C=O) groups excluding carboxylic acids is 2. The van der Waals surface area contributed by atoms with E-state index >= 15 is 0 Å². The van der Waals surface area contributed by atoms with Gasteiger partial charge >= 0.3 is 12.1 Å². The zero-order chi connectivity index (χ0) is 21.1. The van der Waals surface area contributed by atoms with Gasteiger partial charge in [-0.25, -0.2) is 18.6 Å². The summed E-state index contributed by atoms with van der Waals surface area (Å²) in [5.74, 6) is -1.64. The lowest BCUT2D eigenvalue weighted by Crippen LogP contribution is -2.25. The van der Waals surface area contributed by atoms with Gasteiger partial charge in [-0.2, -0.15) is 13.2 Å². The fourth-order valence-corrected chi connectivity index (χ4v) is 3.08. The summed E-state index contributed by atoms with van der Waals surface area (Å²) < 4.78 is 71.8. The van der Waals surface area contributed by atoms with Crippen LogP contribution < -0.4 is 5.73 Å². The SMILES string of the molecule is COC(=O)c1c(C(F)F)nc(C(F)(F)F)c(C(=O)SC(C)N)c1CC(C)C. The third kappa shape index (κ3) is 5.61. The Morgan fingerprint density at radius 1 is 1.19 bits per heavy atom. The number of ether oxygens (including phenoxy) is 1. The number of methoxy groups -OCH3 is 1. The van der Waals surface area contributed by atoms with Crippen LogP contribution in [0.1, 0.15) is 64.9 Å². The number of nitrogens with two attached hydrogens (primary N) is 1. The van der Waals surface area contributed by atoms with E-state index in [2.05, 4.69) is 9.72 Å². The number of hydrogen-bond acceptors (Lipinski definition) is 6. The maximum absolute atomic E-state index is 13.5. The van der Waals surface area contributed by atoms with Crippen LogP contribution in [0, 0.1) is 5.92 Å². The summed E-state index contributed by atoms with van der Waals surface area (Å²) in [6, 6.07) is 0. The molecule has 0 aliphatic heterocycles. The van der Waals surface area contributed by atoms with E-state index in [0.717, 1.165) is 7.11 Å². The molecule has 0 saturated carbocycles. The van der Waals surface area contributed by atoms with Crippen LogP contribution in [0.2, 0.25) is 0 Å². The number of hydrogen-bond donors (Lipinski definition) is 1. The van der Waals surface area contributed by atoms with Crippen LogP contribution in [0.3, 0.4) is 0 Å². The molecular weight excluding hydrogens is 395 g/mol. The van der Waals surface area contributed by atoms with Gasteiger partial charge in [-0.05, 0) is 24.8 Å². The molecule has 11 heteroatoms. The molecule has 1 unspecified atom stereocenters. The second-order valence-corrected chi connectivity index (χ2v) is 7.42. The second kappa shape index (κ2) is 8.96. The van der Waals surface area contributed by atoms with Crippen molar-refractivity contribution in [2.75, 3.05) is 7.11 Å². The van der Waals surface area contributed by atoms with Gasteiger partial charge in [0.1, 0.15) is 5.69 Å². The van der Waals surface area contributed by atoms with E-state index in [-0.39, 0.29) is 12.3 Å². The Morgan fingerprint density at radius 3 is 2.11 bits per heavy atom. The van der Waals surface area contributed by atoms with Gasteiger partial charge in [0.15, 0.2) is 5.69 Å². The summed E-state index contributed by atoms with van der Waals surface area (Å²) in [6.45, 7) is 4.58. The van der Waals surface area contributed by atoms with Crippen molar-refractivity contribution in [1.82, 2.24) is 4.98 Å². The molecule has 0 amide bonds. The number of pyridine rings is 1. The predicted octanol–water partition coefficient (Wildman–Crippen LogP) is 4.20. The molecule has 1 heterocycles. The van der Waals surface area contributed by atoms with Crippen LogP contribution in [-0.4, -0.2) is 28.6 Å². The quantitative estimate of drug-likeness (QED) is 0.427. The number of esters is 1. The van der Waals surface area contributed by atoms with Crippen LogP contribution in [0.25, 0.3) is 0 Å². The Bertz CT molecular complexity index is 721. The average Bonchev–Trinajstić information content (AvgIpc) is 2.50. The van der Waals surface area contributed by atoms with Crippen molar-refractivity contribution in [2.24, 2.45) is 11.7 Å². The summed E-state index contributed by atoms with van der Waals surface area (Å²) in [5, 5.41) is -1.96. The minimum absolute atomic E-state index is 0.240. The van der Waals surface area contributed by atoms with Crippen LogP contribution in [0.15, 0.2) is 0 Å². The molecule has 0 aliphatic rings. The zero-order valence-electron chi connectivity index (χ0n) is 15.0. The van der Waals surface area contributed by atoms with Gasteiger partial charge in [0.25, 0.3) is 6.43 Å². The smallest absolute Gasteiger partial charge is 0.434 e. The number of carbonyl (C=O) groups is 2. The van der Waals surface area contributed by atoms with E-state index in [4.69, 9.17) is 5.73 Å². The first-order chi connectivity index (χ1) is 12.3. The normalized spacial score (nSPS) is 13.2. The Labute approximate surface area is 156 Å². The van der Waals surface area contributed by atoms with Crippen LogP contribution in [0.4, 0.5) is 22.0 Å². The molecule has 0 aromatic carbocycles. The molecule has 27 heavy (non-hydrogen) atoms. The number of halogens is 5. The maximum atomic E-state index is 13.5. The van der Waals surface area contributed by atoms with Crippen molar-refractivity contribution in [2.45, 2.75) is 45.2 Å². The summed E-state index contributed by atoms with van der Waals surface area (Å²) in [5.41, 5.74) is 0.116. The van der Waals surface area contributed by atoms with Crippen molar-refractivity contribution >= 4 is 22.8 Å². The van der Waals surface area contributed by atoms with Gasteiger partial charge in [-0.3, -0.25) is 4.79 Å². The molecule has 0 saturated heterocycles. The van der Waals surface area contributed by atoms with Crippen molar-refractivity contribution in [1.29, 1.82) is 0 Å². The van der Waals surface area contributed by atoms with Crippen LogP contribution in [-0.2, 0) is 17.3 Å². The van der Waals surface area contributed by atoms with Gasteiger partial charge in [0.05, 0.1) is 23.6 Å². The standard InChI is InChI=1S/C16H19F5N2O3S/c1-6(2)5-8-9(14(24)26-4)11(13(17)18)23-12(16(19,20)21)10(8)15(25)27-7(3)22/h6-7,13H,5,22H2,1-4H3. The van der Waals surface area contributed by atoms with Crippen molar-refractivity contribution in [3.05, 3.63) is 28.1 Å². The molecule has 1 atom stereocenters. The van der Waals surface area contributed by atoms with E-state index in [0.29, 0.717) is 11.8 Å². The lowest BCUT2D eigenvalue weighted by atomic mass is 9.91. The minimum Gasteiger partial charge on any atom is -0.465 e. The first-order valence-electron chi connectivity index (χ1n) is 7.78. The second-order valence-electron chi connectivity index (χ2n) is 6.07. The highest BCUT2D eigenvalue weighted by atomic mass is 32.2. The number of aromatic nitrogens is 1. The Balaban J connectivity index is 4.03. The Kier molecular flexibility index (Phi) is 7.73. The van der Waals surface area contributed by atoms with E-state index in [9.17, 15) is 31.5 Å². The van der Waals surface area contributed by atoms with E-state index < -0.39 is 57.1 Å². The third-order valence-corrected chi connectivity index (χ3v) is 4.09. The highest BCUT2D eigenvalue weighted by molar-refractivity contribution is 8.14. The van der Waals surface area contributed by atoms with Crippen LogP contribution >= 0.6 is 11.8 Å². The number of thioether (sulfide) groups is 1. The van der Waals surface area contributed by atoms with Crippen molar-refractivity contribution in [3.63, 3.8) is 0 Å². The molecule has 2 N–H and O–H groups in total. The number of alkyl halides is 5. The lowest BCUT2D eigenvalue weighted by Gasteiger charge is -2.22. The number of rotatable bonds is 6. The summed E-state index contributed by atoms with van der Waals surface area (Å²) >= 11 is 0.381. The topological polar surface area (TPSA) is 82.3 Å². The van der Waals surface area contributed by atoms with Crippen LogP contribution in [0.5, 0.6) is 0 Å². The minimum atomic E-state index is -5.19. The van der Waals surface area contributed by atoms with Gasteiger partial charge in [0, 0.05) is 0 Å². The van der Waals surface area contributed by atoms with Crippen molar-refractivity contribution in [3.8, 4) is 0 Å². The largest absolute Gasteiger partial charge is 0.465 e. The fraction of sp³-hybridized carbons (Fsp3) is 0.562. The highest BCUT2D eigenvalue weighted by Crippen LogP contribution is 2.39. The van der Waals surface area contributed by atoms with Gasteiger partial charge in [-0.1, -0.05) is 25.6 Å². The number of nitrogens with zero attached hydrogens (tertiary/aromatic N) is 1. The summed E-state index contributed by atoms with van der Waals surface area (Å²) in [4.78, 5) is 27.5. The molecule has 0 radical (unpaired) electrons. The maximum Gasteiger partial charge on any atom is 0.434 e. The van der Waals surface area contributed by atoms with Crippen molar-refractivity contribution < 1.29 is 36.3 Å². The molecule has 1 rings (SSSR count). The fourth-order valence-electron chi connectivity index (χ4n) is 2.41. The predicted molar refractivity (Wildman–Crippen MR) is 89.6 cm³/mol. The Morgan fingerprint density at radius 2 is 1.74 bits per heavy atom. The third-order valence-electron chi connectivity index (χ3n) is 3.30. The first-order valence-corrected chi connectivity index (χ1v) is 8.66. The first kappa shape index (κ1) is 23.3. The lowest BCUT2D eigenvalue weighted by molar-refractivity contribution is -0.141. The highest BCUT2D eigenvalue weighted by Gasteiger charge is 2.42. The average molecular weight is 414 g/mol. The summed E-state index contributed by atoms with van der Waals surface area (Å²) in [7, 11) is 0.895. The van der Waals surface area contributed by atoms with Gasteiger partial charge in [-0.15, -0.1) is 0 Å². The van der Waals surface area contributed by atoms with Gasteiger partial charge in [0.2, 0.25) is 5.12 Å². The molecule has 152 valence electrons. The van der Waals surface area contributed by atoms with E-state index in [1.54, 1.807) is 13.8 Å². The molecule has 0 aliphatic carbocycles. The summed E-state index contributed by atoms with van der Waals surface area (Å²) in [6.07, 6.45) is -8.90. The van der Waals surface area contributed by atoms with Gasteiger partial charge < -0.3 is 10.5 Å². The molecule has 0 fully saturated rings. The zero-order valence-corrected chi connectivity index (χ0v) is 15.8.